The van der Waals surface area contributed by atoms with Crippen molar-refractivity contribution in [2.24, 2.45) is 5.92 Å². The van der Waals surface area contributed by atoms with Crippen molar-refractivity contribution in [3.8, 4) is 11.5 Å². The number of ether oxygens (including phenoxy) is 2. The zero-order chi connectivity index (χ0) is 24.0. The SMILES string of the molecule is CCCc1nnc(N2C(=O)C3=C(C(=O)C4CC(F)CCC4O3)C2c2ccc(O)c(OCC)c2)s1. The number of aryl methyl sites for hydroxylation is 1. The Bertz CT molecular complexity index is 1170. The van der Waals surface area contributed by atoms with Crippen LogP contribution in [-0.4, -0.2) is 45.9 Å². The number of nitrogens with zero attached hydrogens (tertiary/aromatic N) is 3. The van der Waals surface area contributed by atoms with Gasteiger partial charge in [-0.1, -0.05) is 24.3 Å². The molecule has 1 N–H and O–H groups in total. The molecule has 1 fully saturated rings. The molecule has 34 heavy (non-hydrogen) atoms. The van der Waals surface area contributed by atoms with E-state index in [2.05, 4.69) is 10.2 Å². The summed E-state index contributed by atoms with van der Waals surface area (Å²) in [4.78, 5) is 28.7. The van der Waals surface area contributed by atoms with Gasteiger partial charge in [-0.15, -0.1) is 10.2 Å². The van der Waals surface area contributed by atoms with Gasteiger partial charge in [0.05, 0.1) is 24.1 Å². The molecule has 1 aromatic carbocycles. The number of halogens is 1. The molecule has 2 aromatic rings. The molecule has 3 heterocycles. The van der Waals surface area contributed by atoms with E-state index in [0.717, 1.165) is 17.8 Å². The van der Waals surface area contributed by atoms with Crippen molar-refractivity contribution in [2.45, 2.75) is 64.3 Å². The Morgan fingerprint density at radius 3 is 2.85 bits per heavy atom. The minimum atomic E-state index is -1.07. The zero-order valence-electron chi connectivity index (χ0n) is 19.0. The first-order chi connectivity index (χ1) is 16.4. The maximum atomic E-state index is 14.2. The molecule has 4 unspecified atom stereocenters. The van der Waals surface area contributed by atoms with Crippen molar-refractivity contribution in [3.05, 3.63) is 40.1 Å². The van der Waals surface area contributed by atoms with Crippen LogP contribution in [-0.2, 0) is 20.7 Å². The summed E-state index contributed by atoms with van der Waals surface area (Å²) in [5, 5.41) is 19.8. The number of phenols is 1. The minimum Gasteiger partial charge on any atom is -0.504 e. The predicted octanol–water partition coefficient (Wildman–Crippen LogP) is 4.04. The highest BCUT2D eigenvalue weighted by Crippen LogP contribution is 2.49. The van der Waals surface area contributed by atoms with Crippen molar-refractivity contribution >= 4 is 28.2 Å². The van der Waals surface area contributed by atoms with Crippen LogP contribution < -0.4 is 9.64 Å². The zero-order valence-corrected chi connectivity index (χ0v) is 19.8. The minimum absolute atomic E-state index is 0.00633. The number of hydrogen-bond donors (Lipinski definition) is 1. The first-order valence-electron chi connectivity index (χ1n) is 11.6. The molecule has 1 saturated carbocycles. The summed E-state index contributed by atoms with van der Waals surface area (Å²) in [6, 6.07) is 3.90. The van der Waals surface area contributed by atoms with E-state index in [1.807, 2.05) is 6.92 Å². The molecule has 5 rings (SSSR count). The molecule has 10 heteroatoms. The molecule has 0 bridgehead atoms. The summed E-state index contributed by atoms with van der Waals surface area (Å²) in [6.07, 6.45) is 0.811. The second-order valence-corrected chi connectivity index (χ2v) is 9.79. The second kappa shape index (κ2) is 8.98. The molecule has 1 aromatic heterocycles. The van der Waals surface area contributed by atoms with Crippen molar-refractivity contribution < 1.29 is 28.6 Å². The summed E-state index contributed by atoms with van der Waals surface area (Å²) >= 11 is 1.30. The van der Waals surface area contributed by atoms with Crippen LogP contribution >= 0.6 is 11.3 Å². The van der Waals surface area contributed by atoms with Crippen LogP contribution in [0.4, 0.5) is 9.52 Å². The van der Waals surface area contributed by atoms with E-state index in [1.54, 1.807) is 19.1 Å². The van der Waals surface area contributed by atoms with Gasteiger partial charge in [-0.05, 0) is 50.3 Å². The summed E-state index contributed by atoms with van der Waals surface area (Å²) in [5.41, 5.74) is 0.774. The first-order valence-corrected chi connectivity index (χ1v) is 12.4. The molecule has 0 spiro atoms. The number of anilines is 1. The maximum Gasteiger partial charge on any atom is 0.296 e. The number of phenolic OH excluding ortho intramolecular Hbond substituents is 1. The van der Waals surface area contributed by atoms with E-state index < -0.39 is 30.1 Å². The summed E-state index contributed by atoms with van der Waals surface area (Å²) in [5.74, 6) is -1.15. The van der Waals surface area contributed by atoms with E-state index in [-0.39, 0.29) is 35.0 Å². The van der Waals surface area contributed by atoms with E-state index in [0.29, 0.717) is 30.1 Å². The Balaban J connectivity index is 1.62. The maximum absolute atomic E-state index is 14.2. The fourth-order valence-corrected chi connectivity index (χ4v) is 5.92. The van der Waals surface area contributed by atoms with E-state index in [4.69, 9.17) is 9.47 Å². The van der Waals surface area contributed by atoms with Gasteiger partial charge < -0.3 is 14.6 Å². The van der Waals surface area contributed by atoms with Crippen LogP contribution in [0.5, 0.6) is 11.5 Å². The largest absolute Gasteiger partial charge is 0.504 e. The monoisotopic (exact) mass is 487 g/mol. The Kier molecular flexibility index (Phi) is 6.01. The lowest BCUT2D eigenvalue weighted by atomic mass is 9.77. The number of fused-ring (bicyclic) bond motifs is 1. The van der Waals surface area contributed by atoms with Gasteiger partial charge in [0.2, 0.25) is 5.13 Å². The molecule has 1 aliphatic carbocycles. The van der Waals surface area contributed by atoms with Crippen molar-refractivity contribution in [1.29, 1.82) is 0 Å². The number of ketones is 1. The van der Waals surface area contributed by atoms with Crippen molar-refractivity contribution in [2.75, 3.05) is 11.5 Å². The number of aromatic nitrogens is 2. The number of carbonyl (C=O) groups excluding carboxylic acids is 2. The van der Waals surface area contributed by atoms with Crippen LogP contribution in [0.25, 0.3) is 0 Å². The van der Waals surface area contributed by atoms with Crippen LogP contribution in [0.1, 0.15) is 56.1 Å². The Morgan fingerprint density at radius 1 is 1.26 bits per heavy atom. The fourth-order valence-electron chi connectivity index (χ4n) is 4.96. The van der Waals surface area contributed by atoms with Gasteiger partial charge in [0.15, 0.2) is 23.0 Å². The molecule has 0 saturated heterocycles. The molecule has 2 aliphatic heterocycles. The lowest BCUT2D eigenvalue weighted by Crippen LogP contribution is -2.42. The van der Waals surface area contributed by atoms with Crippen LogP contribution in [0.2, 0.25) is 0 Å². The molecule has 4 atom stereocenters. The molecular weight excluding hydrogens is 461 g/mol. The highest BCUT2D eigenvalue weighted by molar-refractivity contribution is 7.15. The molecule has 0 radical (unpaired) electrons. The number of alkyl halides is 1. The summed E-state index contributed by atoms with van der Waals surface area (Å²) in [7, 11) is 0. The first kappa shape index (κ1) is 22.8. The highest BCUT2D eigenvalue weighted by Gasteiger charge is 2.54. The summed E-state index contributed by atoms with van der Waals surface area (Å²) in [6.45, 7) is 4.16. The van der Waals surface area contributed by atoms with Gasteiger partial charge in [-0.2, -0.15) is 0 Å². The Morgan fingerprint density at radius 2 is 2.09 bits per heavy atom. The number of hydrogen-bond acceptors (Lipinski definition) is 8. The van der Waals surface area contributed by atoms with Crippen molar-refractivity contribution in [1.82, 2.24) is 10.2 Å². The van der Waals surface area contributed by atoms with Gasteiger partial charge in [0.1, 0.15) is 17.3 Å². The summed E-state index contributed by atoms with van der Waals surface area (Å²) < 4.78 is 25.8. The molecule has 3 aliphatic rings. The number of rotatable bonds is 6. The quantitative estimate of drug-likeness (QED) is 0.656. The molecular formula is C24H26FN3O5S. The number of amides is 1. The molecule has 1 amide bonds. The normalized spacial score (nSPS) is 26.4. The van der Waals surface area contributed by atoms with Gasteiger partial charge in [-0.25, -0.2) is 4.39 Å². The molecule has 8 nitrogen and oxygen atoms in total. The number of carbonyl (C=O) groups is 2. The average molecular weight is 488 g/mol. The third-order valence-corrected chi connectivity index (χ3v) is 7.49. The fraction of sp³-hybridized carbons (Fsp3) is 0.500. The van der Waals surface area contributed by atoms with E-state index in [9.17, 15) is 19.1 Å². The standard InChI is InChI=1S/C24H26FN3O5S/c1-3-5-18-26-27-24(34-18)28-20(12-6-8-15(29)17(10-12)32-4-2)19-21(30)14-11-13(25)7-9-16(14)33-22(19)23(28)31/h6,8,10,13-14,16,20,29H,3-5,7,9,11H2,1-2H3. The van der Waals surface area contributed by atoms with Crippen LogP contribution in [0.15, 0.2) is 29.5 Å². The Labute approximate surface area is 200 Å². The Hall–Kier alpha value is -3.01. The third-order valence-electron chi connectivity index (χ3n) is 6.51. The second-order valence-electron chi connectivity index (χ2n) is 8.75. The van der Waals surface area contributed by atoms with Gasteiger partial charge in [0, 0.05) is 6.42 Å². The lowest BCUT2D eigenvalue weighted by Gasteiger charge is -2.36. The predicted molar refractivity (Wildman–Crippen MR) is 123 cm³/mol. The van der Waals surface area contributed by atoms with E-state index >= 15 is 0 Å². The lowest BCUT2D eigenvalue weighted by molar-refractivity contribution is -0.133. The van der Waals surface area contributed by atoms with Crippen LogP contribution in [0, 0.1) is 5.92 Å². The number of benzene rings is 1. The number of aromatic hydroxyl groups is 1. The third kappa shape index (κ3) is 3.73. The van der Waals surface area contributed by atoms with Gasteiger partial charge >= 0.3 is 0 Å². The van der Waals surface area contributed by atoms with Crippen LogP contribution in [0.3, 0.4) is 0 Å². The van der Waals surface area contributed by atoms with Crippen molar-refractivity contribution in [3.63, 3.8) is 0 Å². The van der Waals surface area contributed by atoms with Gasteiger partial charge in [-0.3, -0.25) is 14.5 Å². The highest BCUT2D eigenvalue weighted by atomic mass is 32.1. The van der Waals surface area contributed by atoms with Gasteiger partial charge in [0.25, 0.3) is 5.91 Å². The number of Topliss-reactive ketones (excluding diaryl/α,β-unsaturated/α-hetero) is 1. The topological polar surface area (TPSA) is 102 Å². The average Bonchev–Trinajstić information content (AvgIpc) is 3.39. The molecule has 180 valence electrons. The van der Waals surface area contributed by atoms with E-state index in [1.165, 1.54) is 22.3 Å². The smallest absolute Gasteiger partial charge is 0.296 e.